The maximum atomic E-state index is 13.7. The normalized spacial score (nSPS) is 11.3. The van der Waals surface area contributed by atoms with E-state index in [1.807, 2.05) is 0 Å². The molecule has 4 N–H and O–H groups in total. The Balaban J connectivity index is 2.57. The van der Waals surface area contributed by atoms with Crippen molar-refractivity contribution in [3.63, 3.8) is 0 Å². The molecular formula is C11H15F2N3O2S2. The predicted molar refractivity (Wildman–Crippen MR) is 78.2 cm³/mol. The summed E-state index contributed by atoms with van der Waals surface area (Å²) in [6, 6.07) is 2.62. The minimum absolute atomic E-state index is 0.0261. The Morgan fingerprint density at radius 1 is 1.30 bits per heavy atom. The predicted octanol–water partition coefficient (Wildman–Crippen LogP) is 0.950. The van der Waals surface area contributed by atoms with E-state index in [0.717, 1.165) is 6.26 Å². The summed E-state index contributed by atoms with van der Waals surface area (Å²) in [5.74, 6) is -2.16. The van der Waals surface area contributed by atoms with Crippen LogP contribution in [-0.2, 0) is 10.0 Å². The van der Waals surface area contributed by atoms with Gasteiger partial charge >= 0.3 is 0 Å². The first-order valence-electron chi connectivity index (χ1n) is 5.68. The fraction of sp³-hybridized carbons (Fsp3) is 0.364. The van der Waals surface area contributed by atoms with Crippen molar-refractivity contribution < 1.29 is 17.2 Å². The monoisotopic (exact) mass is 323 g/mol. The minimum Gasteiger partial charge on any atom is -0.389 e. The first-order chi connectivity index (χ1) is 9.22. The molecule has 0 unspecified atom stereocenters. The van der Waals surface area contributed by atoms with Crippen molar-refractivity contribution in [2.24, 2.45) is 5.73 Å². The lowest BCUT2D eigenvalue weighted by Gasteiger charge is -2.10. The van der Waals surface area contributed by atoms with Crippen LogP contribution in [0.25, 0.3) is 0 Å². The third-order valence-electron chi connectivity index (χ3n) is 2.38. The highest BCUT2D eigenvalue weighted by Crippen LogP contribution is 2.20. The van der Waals surface area contributed by atoms with Gasteiger partial charge in [0.1, 0.15) is 4.99 Å². The van der Waals surface area contributed by atoms with Crippen molar-refractivity contribution in [3.05, 3.63) is 29.3 Å². The van der Waals surface area contributed by atoms with Crippen LogP contribution < -0.4 is 15.8 Å². The SMILES string of the molecule is CS(=O)(=O)NCCCNc1ccc(C(N)=S)c(F)c1F. The number of nitrogens with two attached hydrogens (primary N) is 1. The molecule has 0 fully saturated rings. The van der Waals surface area contributed by atoms with Crippen LogP contribution >= 0.6 is 12.2 Å². The zero-order valence-electron chi connectivity index (χ0n) is 10.7. The number of halogens is 2. The highest BCUT2D eigenvalue weighted by Gasteiger charge is 2.14. The molecule has 0 amide bonds. The number of hydrogen-bond donors (Lipinski definition) is 3. The van der Waals surface area contributed by atoms with E-state index < -0.39 is 21.7 Å². The lowest BCUT2D eigenvalue weighted by atomic mass is 10.1. The third kappa shape index (κ3) is 4.99. The number of hydrogen-bond acceptors (Lipinski definition) is 4. The van der Waals surface area contributed by atoms with Crippen molar-refractivity contribution in [2.75, 3.05) is 24.7 Å². The molecule has 20 heavy (non-hydrogen) atoms. The highest BCUT2D eigenvalue weighted by molar-refractivity contribution is 7.88. The average molecular weight is 323 g/mol. The van der Waals surface area contributed by atoms with Crippen molar-refractivity contribution >= 4 is 32.9 Å². The van der Waals surface area contributed by atoms with Gasteiger partial charge in [0.25, 0.3) is 0 Å². The molecule has 1 aromatic rings. The van der Waals surface area contributed by atoms with Gasteiger partial charge in [0, 0.05) is 18.7 Å². The first-order valence-corrected chi connectivity index (χ1v) is 7.98. The molecule has 0 atom stereocenters. The van der Waals surface area contributed by atoms with Crippen LogP contribution in [-0.4, -0.2) is 32.8 Å². The van der Waals surface area contributed by atoms with Gasteiger partial charge in [-0.2, -0.15) is 0 Å². The van der Waals surface area contributed by atoms with E-state index in [-0.39, 0.29) is 29.3 Å². The van der Waals surface area contributed by atoms with E-state index in [0.29, 0.717) is 6.42 Å². The number of sulfonamides is 1. The van der Waals surface area contributed by atoms with Crippen LogP contribution in [0.4, 0.5) is 14.5 Å². The standard InChI is InChI=1S/C11H15F2N3O2S2/c1-20(17,18)16-6-2-5-15-8-4-3-7(11(14)19)9(12)10(8)13/h3-4,15-16H,2,5-6H2,1H3,(H2,14,19). The molecular weight excluding hydrogens is 308 g/mol. The van der Waals surface area contributed by atoms with Gasteiger partial charge in [-0.25, -0.2) is 21.9 Å². The summed E-state index contributed by atoms with van der Waals surface area (Å²) in [5, 5.41) is 2.67. The van der Waals surface area contributed by atoms with Gasteiger partial charge < -0.3 is 11.1 Å². The Morgan fingerprint density at radius 2 is 1.95 bits per heavy atom. The summed E-state index contributed by atoms with van der Waals surface area (Å²) in [6.45, 7) is 0.492. The Kier molecular flexibility index (Phi) is 5.78. The van der Waals surface area contributed by atoms with E-state index in [9.17, 15) is 17.2 Å². The number of anilines is 1. The lowest BCUT2D eigenvalue weighted by molar-refractivity contribution is 0.509. The summed E-state index contributed by atoms with van der Waals surface area (Å²) >= 11 is 4.59. The quantitative estimate of drug-likeness (QED) is 0.514. The largest absolute Gasteiger partial charge is 0.389 e. The Labute approximate surface area is 121 Å². The molecule has 0 aliphatic carbocycles. The molecule has 0 aliphatic heterocycles. The van der Waals surface area contributed by atoms with Gasteiger partial charge in [-0.05, 0) is 18.6 Å². The Hall–Kier alpha value is -1.32. The molecule has 0 saturated carbocycles. The maximum absolute atomic E-state index is 13.7. The highest BCUT2D eigenvalue weighted by atomic mass is 32.2. The van der Waals surface area contributed by atoms with E-state index in [2.05, 4.69) is 22.3 Å². The topological polar surface area (TPSA) is 84.2 Å². The van der Waals surface area contributed by atoms with Crippen molar-refractivity contribution in [2.45, 2.75) is 6.42 Å². The number of thiocarbonyl (C=S) groups is 1. The van der Waals surface area contributed by atoms with Gasteiger partial charge in [-0.1, -0.05) is 12.2 Å². The molecule has 0 saturated heterocycles. The fourth-order valence-electron chi connectivity index (χ4n) is 1.45. The molecule has 0 bridgehead atoms. The summed E-state index contributed by atoms with van der Waals surface area (Å²) < 4.78 is 51.1. The maximum Gasteiger partial charge on any atom is 0.208 e. The molecule has 0 radical (unpaired) electrons. The number of rotatable bonds is 7. The second-order valence-corrected chi connectivity index (χ2v) is 6.37. The van der Waals surface area contributed by atoms with Crippen LogP contribution in [0.3, 0.4) is 0 Å². The average Bonchev–Trinajstić information content (AvgIpc) is 2.32. The smallest absolute Gasteiger partial charge is 0.208 e. The van der Waals surface area contributed by atoms with E-state index >= 15 is 0 Å². The molecule has 112 valence electrons. The summed E-state index contributed by atoms with van der Waals surface area (Å²) in [4.78, 5) is -0.217. The van der Waals surface area contributed by atoms with Crippen molar-refractivity contribution in [1.82, 2.24) is 4.72 Å². The van der Waals surface area contributed by atoms with Crippen molar-refractivity contribution in [1.29, 1.82) is 0 Å². The molecule has 0 aliphatic rings. The molecule has 0 heterocycles. The van der Waals surface area contributed by atoms with Crippen molar-refractivity contribution in [3.8, 4) is 0 Å². The van der Waals surface area contributed by atoms with Crippen LogP contribution in [0.5, 0.6) is 0 Å². The second-order valence-electron chi connectivity index (χ2n) is 4.10. The van der Waals surface area contributed by atoms with Gasteiger partial charge in [0.05, 0.1) is 11.9 Å². The molecule has 0 aromatic heterocycles. The van der Waals surface area contributed by atoms with Gasteiger partial charge in [-0.3, -0.25) is 0 Å². The molecule has 1 aromatic carbocycles. The lowest BCUT2D eigenvalue weighted by Crippen LogP contribution is -2.24. The molecule has 9 heteroatoms. The van der Waals surface area contributed by atoms with E-state index in [4.69, 9.17) is 5.73 Å². The number of benzene rings is 1. The molecule has 5 nitrogen and oxygen atoms in total. The second kappa shape index (κ2) is 6.91. The Bertz CT molecular complexity index is 606. The molecule has 0 spiro atoms. The van der Waals surface area contributed by atoms with Crippen LogP contribution in [0.1, 0.15) is 12.0 Å². The molecule has 1 rings (SSSR count). The zero-order valence-corrected chi connectivity index (χ0v) is 12.4. The van der Waals surface area contributed by atoms with Crippen LogP contribution in [0.2, 0.25) is 0 Å². The fourth-order valence-corrected chi connectivity index (χ4v) is 2.12. The zero-order chi connectivity index (χ0) is 15.3. The van der Waals surface area contributed by atoms with Gasteiger partial charge in [0.2, 0.25) is 10.0 Å². The summed E-state index contributed by atoms with van der Waals surface area (Å²) in [7, 11) is -3.24. The third-order valence-corrected chi connectivity index (χ3v) is 3.33. The summed E-state index contributed by atoms with van der Waals surface area (Å²) in [6.07, 6.45) is 1.47. The van der Waals surface area contributed by atoms with Gasteiger partial charge in [-0.15, -0.1) is 0 Å². The van der Waals surface area contributed by atoms with E-state index in [1.54, 1.807) is 0 Å². The Morgan fingerprint density at radius 3 is 2.50 bits per heavy atom. The van der Waals surface area contributed by atoms with E-state index in [1.165, 1.54) is 12.1 Å². The first kappa shape index (κ1) is 16.7. The van der Waals surface area contributed by atoms with Gasteiger partial charge in [0.15, 0.2) is 11.6 Å². The minimum atomic E-state index is -3.24. The number of nitrogens with one attached hydrogen (secondary N) is 2. The van der Waals surface area contributed by atoms with Crippen LogP contribution in [0, 0.1) is 11.6 Å². The van der Waals surface area contributed by atoms with Crippen LogP contribution in [0.15, 0.2) is 12.1 Å². The summed E-state index contributed by atoms with van der Waals surface area (Å²) in [5.41, 5.74) is 5.08.